The Balaban J connectivity index is 2.70. The van der Waals surface area contributed by atoms with Crippen molar-refractivity contribution >= 4 is 5.97 Å². The van der Waals surface area contributed by atoms with E-state index in [0.29, 0.717) is 0 Å². The lowest BCUT2D eigenvalue weighted by atomic mass is 10.1. The minimum absolute atomic E-state index is 0.0604. The largest absolute Gasteiger partial charge is 0.459 e. The number of nitrogens with zero attached hydrogens (tertiary/aromatic N) is 2. The standard InChI is InChI=1S/C13H20N2O2/c1-6-8(2)13(16)17-7-12-11(5)14-9(3)10(4)15-12/h8H,6-7H2,1-5H3/t8-/m0/s1. The Labute approximate surface area is 102 Å². The van der Waals surface area contributed by atoms with Crippen LogP contribution >= 0.6 is 0 Å². The Hall–Kier alpha value is -1.45. The molecule has 0 aliphatic rings. The van der Waals surface area contributed by atoms with Gasteiger partial charge in [0.25, 0.3) is 0 Å². The molecule has 4 heteroatoms. The highest BCUT2D eigenvalue weighted by Gasteiger charge is 2.13. The fourth-order valence-corrected chi connectivity index (χ4v) is 1.35. The van der Waals surface area contributed by atoms with Crippen LogP contribution in [0.15, 0.2) is 0 Å². The van der Waals surface area contributed by atoms with Gasteiger partial charge in [0.1, 0.15) is 6.61 Å². The van der Waals surface area contributed by atoms with Crippen molar-refractivity contribution in [2.24, 2.45) is 5.92 Å². The molecule has 0 aromatic carbocycles. The van der Waals surface area contributed by atoms with E-state index >= 15 is 0 Å². The predicted molar refractivity (Wildman–Crippen MR) is 65.5 cm³/mol. The number of hydrogen-bond acceptors (Lipinski definition) is 4. The molecule has 1 aromatic rings. The Kier molecular flexibility index (Phi) is 4.61. The van der Waals surface area contributed by atoms with E-state index in [2.05, 4.69) is 9.97 Å². The summed E-state index contributed by atoms with van der Waals surface area (Å²) in [6, 6.07) is 0. The lowest BCUT2D eigenvalue weighted by molar-refractivity contribution is -0.149. The highest BCUT2D eigenvalue weighted by Crippen LogP contribution is 2.10. The van der Waals surface area contributed by atoms with E-state index in [-0.39, 0.29) is 18.5 Å². The monoisotopic (exact) mass is 236 g/mol. The molecule has 0 N–H and O–H groups in total. The minimum Gasteiger partial charge on any atom is -0.459 e. The van der Waals surface area contributed by atoms with Gasteiger partial charge in [0, 0.05) is 0 Å². The number of aryl methyl sites for hydroxylation is 3. The van der Waals surface area contributed by atoms with Crippen LogP contribution in [0.3, 0.4) is 0 Å². The molecule has 0 radical (unpaired) electrons. The molecule has 0 aliphatic carbocycles. The zero-order valence-corrected chi connectivity index (χ0v) is 11.2. The maximum atomic E-state index is 11.5. The van der Waals surface area contributed by atoms with Crippen molar-refractivity contribution in [3.05, 3.63) is 22.8 Å². The fourth-order valence-electron chi connectivity index (χ4n) is 1.35. The SMILES string of the molecule is CC[C@H](C)C(=O)OCc1nc(C)c(C)nc1C. The molecule has 1 atom stereocenters. The van der Waals surface area contributed by atoms with Crippen LogP contribution in [0.5, 0.6) is 0 Å². The Morgan fingerprint density at radius 1 is 1.18 bits per heavy atom. The summed E-state index contributed by atoms with van der Waals surface area (Å²) in [6.45, 7) is 9.75. The second-order valence-electron chi connectivity index (χ2n) is 4.34. The molecular weight excluding hydrogens is 216 g/mol. The third-order valence-corrected chi connectivity index (χ3v) is 2.95. The summed E-state index contributed by atoms with van der Waals surface area (Å²) in [7, 11) is 0. The van der Waals surface area contributed by atoms with Crippen molar-refractivity contribution in [2.45, 2.75) is 47.6 Å². The second-order valence-corrected chi connectivity index (χ2v) is 4.34. The molecule has 94 valence electrons. The number of carbonyl (C=O) groups is 1. The molecule has 0 spiro atoms. The highest BCUT2D eigenvalue weighted by atomic mass is 16.5. The van der Waals surface area contributed by atoms with E-state index in [0.717, 1.165) is 29.2 Å². The first-order valence-corrected chi connectivity index (χ1v) is 5.93. The van der Waals surface area contributed by atoms with Gasteiger partial charge in [-0.2, -0.15) is 0 Å². The zero-order valence-electron chi connectivity index (χ0n) is 11.2. The number of carbonyl (C=O) groups excluding carboxylic acids is 1. The van der Waals surface area contributed by atoms with Crippen molar-refractivity contribution < 1.29 is 9.53 Å². The number of hydrogen-bond donors (Lipinski definition) is 0. The number of ether oxygens (including phenoxy) is 1. The summed E-state index contributed by atoms with van der Waals surface area (Å²) in [6.07, 6.45) is 0.788. The van der Waals surface area contributed by atoms with Gasteiger partial charge >= 0.3 is 5.97 Å². The quantitative estimate of drug-likeness (QED) is 0.754. The van der Waals surface area contributed by atoms with E-state index < -0.39 is 0 Å². The first kappa shape index (κ1) is 13.6. The minimum atomic E-state index is -0.174. The second kappa shape index (κ2) is 5.75. The van der Waals surface area contributed by atoms with Crippen LogP contribution in [-0.4, -0.2) is 15.9 Å². The maximum absolute atomic E-state index is 11.5. The van der Waals surface area contributed by atoms with Gasteiger partial charge in [-0.05, 0) is 27.2 Å². The molecule has 0 aliphatic heterocycles. The average molecular weight is 236 g/mol. The van der Waals surface area contributed by atoms with E-state index in [1.807, 2.05) is 34.6 Å². The van der Waals surface area contributed by atoms with Crippen molar-refractivity contribution in [2.75, 3.05) is 0 Å². The molecule has 1 heterocycles. The summed E-state index contributed by atoms with van der Waals surface area (Å²) in [5.74, 6) is -0.235. The number of esters is 1. The van der Waals surface area contributed by atoms with E-state index in [9.17, 15) is 4.79 Å². The molecule has 0 fully saturated rings. The zero-order chi connectivity index (χ0) is 13.0. The third kappa shape index (κ3) is 3.51. The number of aromatic nitrogens is 2. The molecule has 0 unspecified atom stereocenters. The summed E-state index contributed by atoms with van der Waals surface area (Å²) < 4.78 is 5.22. The molecular formula is C13H20N2O2. The summed E-state index contributed by atoms with van der Waals surface area (Å²) >= 11 is 0. The van der Waals surface area contributed by atoms with E-state index in [1.165, 1.54) is 0 Å². The molecule has 17 heavy (non-hydrogen) atoms. The van der Waals surface area contributed by atoms with Gasteiger partial charge in [-0.15, -0.1) is 0 Å². The van der Waals surface area contributed by atoms with Gasteiger partial charge in [0.05, 0.1) is 28.7 Å². The van der Waals surface area contributed by atoms with Crippen LogP contribution in [-0.2, 0) is 16.1 Å². The number of rotatable bonds is 4. The molecule has 1 rings (SSSR count). The van der Waals surface area contributed by atoms with Crippen molar-refractivity contribution in [3.63, 3.8) is 0 Å². The smallest absolute Gasteiger partial charge is 0.309 e. The third-order valence-electron chi connectivity index (χ3n) is 2.95. The van der Waals surface area contributed by atoms with Crippen LogP contribution in [0.2, 0.25) is 0 Å². The Morgan fingerprint density at radius 3 is 2.35 bits per heavy atom. The van der Waals surface area contributed by atoms with Gasteiger partial charge in [0.2, 0.25) is 0 Å². The lowest BCUT2D eigenvalue weighted by Crippen LogP contribution is -2.15. The topological polar surface area (TPSA) is 52.1 Å². The molecule has 0 saturated carbocycles. The van der Waals surface area contributed by atoms with E-state index in [1.54, 1.807) is 0 Å². The molecule has 0 bridgehead atoms. The first-order valence-electron chi connectivity index (χ1n) is 5.93. The predicted octanol–water partition coefficient (Wildman–Crippen LogP) is 2.49. The van der Waals surface area contributed by atoms with Crippen LogP contribution in [0.1, 0.15) is 43.0 Å². The Morgan fingerprint density at radius 2 is 1.76 bits per heavy atom. The van der Waals surface area contributed by atoms with Crippen LogP contribution < -0.4 is 0 Å². The van der Waals surface area contributed by atoms with Crippen molar-refractivity contribution in [1.29, 1.82) is 0 Å². The molecule has 0 saturated heterocycles. The fraction of sp³-hybridized carbons (Fsp3) is 0.615. The molecule has 0 amide bonds. The van der Waals surface area contributed by atoms with Gasteiger partial charge in [-0.1, -0.05) is 13.8 Å². The normalized spacial score (nSPS) is 12.3. The van der Waals surface area contributed by atoms with Crippen LogP contribution in [0.25, 0.3) is 0 Å². The van der Waals surface area contributed by atoms with Gasteiger partial charge in [-0.25, -0.2) is 0 Å². The van der Waals surface area contributed by atoms with Crippen molar-refractivity contribution in [3.8, 4) is 0 Å². The highest BCUT2D eigenvalue weighted by molar-refractivity contribution is 5.71. The van der Waals surface area contributed by atoms with Crippen LogP contribution in [0.4, 0.5) is 0 Å². The van der Waals surface area contributed by atoms with Gasteiger partial charge in [-0.3, -0.25) is 14.8 Å². The first-order chi connectivity index (χ1) is 7.95. The maximum Gasteiger partial charge on any atom is 0.309 e. The van der Waals surface area contributed by atoms with Crippen molar-refractivity contribution in [1.82, 2.24) is 9.97 Å². The summed E-state index contributed by atoms with van der Waals surface area (Å²) in [4.78, 5) is 20.3. The summed E-state index contributed by atoms with van der Waals surface area (Å²) in [5.41, 5.74) is 3.36. The van der Waals surface area contributed by atoms with E-state index in [4.69, 9.17) is 4.74 Å². The molecule has 4 nitrogen and oxygen atoms in total. The molecule has 1 aromatic heterocycles. The van der Waals surface area contributed by atoms with Gasteiger partial charge < -0.3 is 4.74 Å². The Bertz CT molecular complexity index is 416. The average Bonchev–Trinajstić information content (AvgIpc) is 2.30. The van der Waals surface area contributed by atoms with Gasteiger partial charge in [0.15, 0.2) is 0 Å². The summed E-state index contributed by atoms with van der Waals surface area (Å²) in [5, 5.41) is 0. The van der Waals surface area contributed by atoms with Crippen LogP contribution in [0, 0.1) is 26.7 Å². The lowest BCUT2D eigenvalue weighted by Gasteiger charge is -2.11.